The molecule has 0 bridgehead atoms. The number of benzene rings is 1. The highest BCUT2D eigenvalue weighted by atomic mass is 32.2. The van der Waals surface area contributed by atoms with Gasteiger partial charge in [-0.3, -0.25) is 0 Å². The summed E-state index contributed by atoms with van der Waals surface area (Å²) in [5.74, 6) is 2.26. The van der Waals surface area contributed by atoms with Gasteiger partial charge in [-0.25, -0.2) is 4.21 Å². The van der Waals surface area contributed by atoms with Crippen LogP contribution in [0.5, 0.6) is 5.75 Å². The molecule has 0 radical (unpaired) electrons. The second-order valence-corrected chi connectivity index (χ2v) is 9.90. The van der Waals surface area contributed by atoms with Gasteiger partial charge in [0.15, 0.2) is 0 Å². The topological polar surface area (TPSA) is 49.4 Å². The van der Waals surface area contributed by atoms with Gasteiger partial charge in [-0.2, -0.15) is 0 Å². The van der Waals surface area contributed by atoms with Gasteiger partial charge in [-0.05, 0) is 73.0 Å². The van der Waals surface area contributed by atoms with E-state index in [2.05, 4.69) is 12.1 Å². The van der Waals surface area contributed by atoms with Crippen LogP contribution in [-0.2, 0) is 11.4 Å². The molecule has 4 heteroatoms. The summed E-state index contributed by atoms with van der Waals surface area (Å²) in [6, 6.07) is 4.70. The third-order valence-corrected chi connectivity index (χ3v) is 7.79. The number of hydrogen-bond donors (Lipinski definition) is 0. The molecule has 1 atom stereocenters. The second kappa shape index (κ2) is 9.75. The summed E-state index contributed by atoms with van der Waals surface area (Å²) in [4.78, 5) is 0. The normalized spacial score (nSPS) is 24.2. The average molecular weight is 404 g/mol. The minimum absolute atomic E-state index is 0.457. The molecule has 156 valence electrons. The maximum absolute atomic E-state index is 11.6. The summed E-state index contributed by atoms with van der Waals surface area (Å²) >= 11 is -2.51. The minimum Gasteiger partial charge on any atom is -0.740 e. The van der Waals surface area contributed by atoms with Gasteiger partial charge >= 0.3 is 0 Å². The molecule has 0 aliphatic heterocycles. The highest BCUT2D eigenvalue weighted by Crippen LogP contribution is 2.47. The van der Waals surface area contributed by atoms with Crippen molar-refractivity contribution in [1.29, 1.82) is 0 Å². The molecule has 3 nitrogen and oxygen atoms in total. The zero-order valence-electron chi connectivity index (χ0n) is 17.1. The molecule has 1 aromatic carbocycles. The van der Waals surface area contributed by atoms with Crippen LogP contribution in [0.15, 0.2) is 12.1 Å². The third-order valence-electron chi connectivity index (χ3n) is 7.49. The maximum Gasteiger partial charge on any atom is 0.146 e. The van der Waals surface area contributed by atoms with Gasteiger partial charge in [0.1, 0.15) is 17.1 Å². The smallest absolute Gasteiger partial charge is 0.146 e. The molecular weight excluding hydrogens is 368 g/mol. The van der Waals surface area contributed by atoms with Crippen molar-refractivity contribution in [2.24, 2.45) is 0 Å². The van der Waals surface area contributed by atoms with Crippen molar-refractivity contribution in [3.05, 3.63) is 28.8 Å². The van der Waals surface area contributed by atoms with Crippen LogP contribution in [0.25, 0.3) is 0 Å². The molecule has 0 saturated heterocycles. The Bertz CT molecular complexity index is 629. The summed E-state index contributed by atoms with van der Waals surface area (Å²) < 4.78 is 28.7. The standard InChI is InChI=1S/C24H36O3S/c25-28(26)27-24-22(19-12-6-2-7-13-19)16-21(18-10-4-1-5-11-18)17-23(24)20-14-8-3-9-15-20/h16-20H,1-15H2,(H,25,26)/p-1. The molecule has 3 saturated carbocycles. The molecule has 4 rings (SSSR count). The largest absolute Gasteiger partial charge is 0.740 e. The van der Waals surface area contributed by atoms with Gasteiger partial charge in [0.25, 0.3) is 0 Å². The Morgan fingerprint density at radius 2 is 1.07 bits per heavy atom. The number of hydrogen-bond acceptors (Lipinski definition) is 3. The first-order valence-electron chi connectivity index (χ1n) is 11.7. The summed E-state index contributed by atoms with van der Waals surface area (Å²) in [7, 11) is 0. The van der Waals surface area contributed by atoms with Crippen LogP contribution in [-0.4, -0.2) is 8.76 Å². The van der Waals surface area contributed by atoms with Crippen LogP contribution in [0, 0.1) is 0 Å². The lowest BCUT2D eigenvalue weighted by molar-refractivity contribution is 0.397. The molecule has 0 aromatic heterocycles. The van der Waals surface area contributed by atoms with E-state index in [-0.39, 0.29) is 0 Å². The van der Waals surface area contributed by atoms with E-state index in [9.17, 15) is 8.76 Å². The first kappa shape index (κ1) is 20.4. The highest BCUT2D eigenvalue weighted by Gasteiger charge is 2.29. The van der Waals surface area contributed by atoms with Crippen molar-refractivity contribution in [3.8, 4) is 5.75 Å². The Kier molecular flexibility index (Phi) is 7.11. The van der Waals surface area contributed by atoms with E-state index in [1.165, 1.54) is 113 Å². The van der Waals surface area contributed by atoms with Crippen LogP contribution in [0.3, 0.4) is 0 Å². The Hall–Kier alpha value is -0.870. The molecule has 0 heterocycles. The summed E-state index contributed by atoms with van der Waals surface area (Å²) in [5, 5.41) is 0. The molecule has 0 spiro atoms. The van der Waals surface area contributed by atoms with Gasteiger partial charge < -0.3 is 8.74 Å². The molecule has 3 aliphatic carbocycles. The molecule has 3 fully saturated rings. The zero-order valence-corrected chi connectivity index (χ0v) is 17.9. The predicted octanol–water partition coefficient (Wildman–Crippen LogP) is 7.00. The van der Waals surface area contributed by atoms with Crippen molar-refractivity contribution in [2.45, 2.75) is 114 Å². The third kappa shape index (κ3) is 4.81. The lowest BCUT2D eigenvalue weighted by Crippen LogP contribution is -2.15. The van der Waals surface area contributed by atoms with Crippen LogP contribution in [0.4, 0.5) is 0 Å². The van der Waals surface area contributed by atoms with Crippen LogP contribution < -0.4 is 4.18 Å². The Morgan fingerprint density at radius 1 is 0.679 bits per heavy atom. The van der Waals surface area contributed by atoms with E-state index >= 15 is 0 Å². The van der Waals surface area contributed by atoms with Crippen molar-refractivity contribution < 1.29 is 12.9 Å². The molecule has 0 N–H and O–H groups in total. The van der Waals surface area contributed by atoms with E-state index in [4.69, 9.17) is 4.18 Å². The summed E-state index contributed by atoms with van der Waals surface area (Å²) in [6.45, 7) is 0. The van der Waals surface area contributed by atoms with Crippen molar-refractivity contribution in [3.63, 3.8) is 0 Å². The molecular formula is C24H35O3S-. The van der Waals surface area contributed by atoms with Crippen molar-refractivity contribution in [1.82, 2.24) is 0 Å². The number of rotatable bonds is 5. The van der Waals surface area contributed by atoms with E-state index < -0.39 is 11.4 Å². The molecule has 1 aromatic rings. The van der Waals surface area contributed by atoms with E-state index in [1.54, 1.807) is 0 Å². The van der Waals surface area contributed by atoms with Gasteiger partial charge in [0.2, 0.25) is 0 Å². The molecule has 28 heavy (non-hydrogen) atoms. The van der Waals surface area contributed by atoms with Crippen molar-refractivity contribution in [2.75, 3.05) is 0 Å². The predicted molar refractivity (Wildman–Crippen MR) is 113 cm³/mol. The zero-order chi connectivity index (χ0) is 19.3. The highest BCUT2D eigenvalue weighted by molar-refractivity contribution is 7.74. The minimum atomic E-state index is -2.51. The molecule has 3 aliphatic rings. The molecule has 0 amide bonds. The summed E-state index contributed by atoms with van der Waals surface area (Å²) in [5.41, 5.74) is 3.87. The Morgan fingerprint density at radius 3 is 1.46 bits per heavy atom. The first-order valence-corrected chi connectivity index (χ1v) is 12.7. The average Bonchev–Trinajstić information content (AvgIpc) is 2.75. The van der Waals surface area contributed by atoms with Crippen LogP contribution in [0.1, 0.15) is 131 Å². The van der Waals surface area contributed by atoms with Crippen LogP contribution >= 0.6 is 0 Å². The Balaban J connectivity index is 1.78. The fraction of sp³-hybridized carbons (Fsp3) is 0.750. The Labute approximate surface area is 173 Å². The van der Waals surface area contributed by atoms with E-state index in [0.717, 1.165) is 0 Å². The van der Waals surface area contributed by atoms with Gasteiger partial charge in [-0.15, -0.1) is 0 Å². The van der Waals surface area contributed by atoms with E-state index in [1.807, 2.05) is 0 Å². The van der Waals surface area contributed by atoms with Crippen LogP contribution in [0.2, 0.25) is 0 Å². The maximum atomic E-state index is 11.6. The van der Waals surface area contributed by atoms with E-state index in [0.29, 0.717) is 23.5 Å². The monoisotopic (exact) mass is 403 g/mol. The fourth-order valence-corrected chi connectivity index (χ4v) is 6.30. The van der Waals surface area contributed by atoms with Crippen molar-refractivity contribution >= 4 is 11.4 Å². The quantitative estimate of drug-likeness (QED) is 0.497. The van der Waals surface area contributed by atoms with Gasteiger partial charge in [0.05, 0.1) is 0 Å². The first-order chi connectivity index (χ1) is 13.7. The lowest BCUT2D eigenvalue weighted by Gasteiger charge is -2.32. The fourth-order valence-electron chi connectivity index (χ4n) is 5.97. The van der Waals surface area contributed by atoms with Gasteiger partial charge in [-0.1, -0.05) is 69.9 Å². The SMILES string of the molecule is O=S([O-])Oc1c(C2CCCCC2)cc(C2CCCCC2)cc1C1CCCCC1. The summed E-state index contributed by atoms with van der Waals surface area (Å²) in [6.07, 6.45) is 18.8. The second-order valence-electron chi connectivity index (χ2n) is 9.32. The van der Waals surface area contributed by atoms with Gasteiger partial charge in [0, 0.05) is 0 Å². The molecule has 1 unspecified atom stereocenters. The lowest BCUT2D eigenvalue weighted by atomic mass is 9.75.